The van der Waals surface area contributed by atoms with E-state index in [9.17, 15) is 0 Å². The van der Waals surface area contributed by atoms with Gasteiger partial charge in [-0.2, -0.15) is 0 Å². The molecule has 0 radical (unpaired) electrons. The second kappa shape index (κ2) is 17.5. The Morgan fingerprint density at radius 3 is 2.00 bits per heavy atom. The van der Waals surface area contributed by atoms with Crippen LogP contribution in [-0.4, -0.2) is 0 Å². The summed E-state index contributed by atoms with van der Waals surface area (Å²) in [5, 5.41) is 0. The molecule has 2 N–H and O–H groups in total. The van der Waals surface area contributed by atoms with Crippen LogP contribution >= 0.6 is 0 Å². The van der Waals surface area contributed by atoms with Gasteiger partial charge < -0.3 is 10.5 Å². The molecule has 0 bridgehead atoms. The molecule has 0 unspecified atom stereocenters. The standard InChI is InChI=1S/C13H17NO.2C2H6.CH4/c1-3-5-12(4-2)15-13-8-6-11(10-14)7-9-13;2*1-2;/h3,5-9H,1,4,10,14H2,2H3;2*1-2H3;1H4/b12-5+;;;. The normalized spacial score (nSPS) is 9.00. The van der Waals surface area contributed by atoms with Gasteiger partial charge in [-0.3, -0.25) is 0 Å². The minimum atomic E-state index is 0. The molecule has 0 aromatic heterocycles. The van der Waals surface area contributed by atoms with Crippen molar-refractivity contribution < 1.29 is 4.74 Å². The van der Waals surface area contributed by atoms with Crippen LogP contribution < -0.4 is 10.5 Å². The largest absolute Gasteiger partial charge is 0.462 e. The van der Waals surface area contributed by atoms with E-state index in [-0.39, 0.29) is 7.43 Å². The maximum absolute atomic E-state index is 5.65. The zero-order chi connectivity index (χ0) is 15.1. The minimum Gasteiger partial charge on any atom is -0.462 e. The number of benzene rings is 1. The Balaban J connectivity index is -0.000000529. The zero-order valence-corrected chi connectivity index (χ0v) is 13.1. The number of allylic oxidation sites excluding steroid dienone is 3. The lowest BCUT2D eigenvalue weighted by Crippen LogP contribution is -1.97. The van der Waals surface area contributed by atoms with E-state index in [1.54, 1.807) is 6.08 Å². The molecule has 0 saturated heterocycles. The molecule has 2 heteroatoms. The lowest BCUT2D eigenvalue weighted by Gasteiger charge is -2.07. The van der Waals surface area contributed by atoms with Crippen LogP contribution in [0.3, 0.4) is 0 Å². The van der Waals surface area contributed by atoms with Crippen molar-refractivity contribution in [2.24, 2.45) is 5.73 Å². The first-order valence-corrected chi connectivity index (χ1v) is 7.08. The van der Waals surface area contributed by atoms with Crippen LogP contribution in [0, 0.1) is 0 Å². The van der Waals surface area contributed by atoms with Gasteiger partial charge in [0.15, 0.2) is 0 Å². The first kappa shape index (κ1) is 23.5. The third-order valence-electron chi connectivity index (χ3n) is 2.06. The van der Waals surface area contributed by atoms with Gasteiger partial charge in [0, 0.05) is 13.0 Å². The van der Waals surface area contributed by atoms with Crippen molar-refractivity contribution in [2.45, 2.75) is 55.0 Å². The summed E-state index contributed by atoms with van der Waals surface area (Å²) in [6.45, 7) is 14.2. The Kier molecular flexibility index (Phi) is 20.6. The highest BCUT2D eigenvalue weighted by atomic mass is 16.5. The molecule has 2 nitrogen and oxygen atoms in total. The van der Waals surface area contributed by atoms with Crippen LogP contribution in [0.2, 0.25) is 0 Å². The highest BCUT2D eigenvalue weighted by molar-refractivity contribution is 5.28. The number of nitrogens with two attached hydrogens (primary N) is 1. The van der Waals surface area contributed by atoms with E-state index in [1.807, 2.05) is 65.0 Å². The zero-order valence-electron chi connectivity index (χ0n) is 13.1. The molecule has 0 fully saturated rings. The monoisotopic (exact) mass is 279 g/mol. The topological polar surface area (TPSA) is 35.2 Å². The van der Waals surface area contributed by atoms with Crippen LogP contribution in [-0.2, 0) is 6.54 Å². The number of hydrogen-bond acceptors (Lipinski definition) is 2. The lowest BCUT2D eigenvalue weighted by molar-refractivity contribution is 0.409. The van der Waals surface area contributed by atoms with E-state index in [1.165, 1.54) is 0 Å². The summed E-state index contributed by atoms with van der Waals surface area (Å²) in [7, 11) is 0. The third kappa shape index (κ3) is 10.4. The molecule has 1 aromatic carbocycles. The van der Waals surface area contributed by atoms with E-state index in [2.05, 4.69) is 6.58 Å². The molecule has 0 aliphatic rings. The predicted molar refractivity (Wildman–Crippen MR) is 93.0 cm³/mol. The summed E-state index contributed by atoms with van der Waals surface area (Å²) in [5.74, 6) is 1.74. The molecule has 0 heterocycles. The summed E-state index contributed by atoms with van der Waals surface area (Å²) in [4.78, 5) is 0. The maximum atomic E-state index is 5.65. The van der Waals surface area contributed by atoms with E-state index in [4.69, 9.17) is 10.5 Å². The summed E-state index contributed by atoms with van der Waals surface area (Å²) in [6.07, 6.45) is 4.45. The van der Waals surface area contributed by atoms with Gasteiger partial charge in [0.2, 0.25) is 0 Å². The molecule has 1 rings (SSSR count). The van der Waals surface area contributed by atoms with E-state index >= 15 is 0 Å². The molecule has 0 aliphatic heterocycles. The average molecular weight is 279 g/mol. The molecular weight excluding hydrogens is 246 g/mol. The van der Waals surface area contributed by atoms with Crippen LogP contribution in [0.15, 0.2) is 48.8 Å². The predicted octanol–water partition coefficient (Wildman–Crippen LogP) is 5.69. The quantitative estimate of drug-likeness (QED) is 0.555. The molecule has 0 spiro atoms. The van der Waals surface area contributed by atoms with E-state index < -0.39 is 0 Å². The second-order valence-electron chi connectivity index (χ2n) is 3.17. The highest BCUT2D eigenvalue weighted by Crippen LogP contribution is 2.16. The number of ether oxygens (including phenoxy) is 1. The molecule has 0 saturated carbocycles. The first-order valence-electron chi connectivity index (χ1n) is 7.08. The third-order valence-corrected chi connectivity index (χ3v) is 2.06. The Morgan fingerprint density at radius 1 is 1.15 bits per heavy atom. The second-order valence-corrected chi connectivity index (χ2v) is 3.17. The van der Waals surface area contributed by atoms with Crippen molar-refractivity contribution >= 4 is 0 Å². The maximum Gasteiger partial charge on any atom is 0.126 e. The van der Waals surface area contributed by atoms with Crippen LogP contribution in [0.25, 0.3) is 0 Å². The summed E-state index contributed by atoms with van der Waals surface area (Å²) >= 11 is 0. The van der Waals surface area contributed by atoms with E-state index in [0.29, 0.717) is 6.54 Å². The van der Waals surface area contributed by atoms with Gasteiger partial charge in [0.05, 0.1) is 0 Å². The van der Waals surface area contributed by atoms with Crippen molar-refractivity contribution in [1.29, 1.82) is 0 Å². The van der Waals surface area contributed by atoms with Crippen LogP contribution in [0.1, 0.15) is 54.0 Å². The van der Waals surface area contributed by atoms with Crippen molar-refractivity contribution in [2.75, 3.05) is 0 Å². The Hall–Kier alpha value is -1.54. The van der Waals surface area contributed by atoms with Gasteiger partial charge in [-0.1, -0.05) is 66.8 Å². The first-order chi connectivity index (χ1) is 9.30. The summed E-state index contributed by atoms with van der Waals surface area (Å²) in [6, 6.07) is 7.79. The molecule has 1 aromatic rings. The lowest BCUT2D eigenvalue weighted by atomic mass is 10.2. The Morgan fingerprint density at radius 2 is 1.65 bits per heavy atom. The van der Waals surface area contributed by atoms with Crippen LogP contribution in [0.4, 0.5) is 0 Å². The fourth-order valence-corrected chi connectivity index (χ4v) is 1.20. The average Bonchev–Trinajstić information content (AvgIpc) is 2.51. The summed E-state index contributed by atoms with van der Waals surface area (Å²) < 4.78 is 5.65. The van der Waals surface area contributed by atoms with E-state index in [0.717, 1.165) is 23.5 Å². The van der Waals surface area contributed by atoms with Gasteiger partial charge in [0.1, 0.15) is 11.5 Å². The fourth-order valence-electron chi connectivity index (χ4n) is 1.20. The smallest absolute Gasteiger partial charge is 0.126 e. The van der Waals surface area contributed by atoms with Crippen LogP contribution in [0.5, 0.6) is 5.75 Å². The molecule has 0 amide bonds. The molecule has 0 aliphatic carbocycles. The molecule has 0 atom stereocenters. The molecular formula is C18H33NO. The van der Waals surface area contributed by atoms with Gasteiger partial charge in [-0.05, 0) is 23.8 Å². The SMILES string of the molecule is C.C=C/C=C(\CC)Oc1ccc(CN)cc1.CC.CC. The highest BCUT2D eigenvalue weighted by Gasteiger charge is 1.97. The number of hydrogen-bond donors (Lipinski definition) is 1. The van der Waals surface area contributed by atoms with Gasteiger partial charge in [0.25, 0.3) is 0 Å². The molecule has 20 heavy (non-hydrogen) atoms. The summed E-state index contributed by atoms with van der Waals surface area (Å²) in [5.41, 5.74) is 6.61. The minimum absolute atomic E-state index is 0. The van der Waals surface area contributed by atoms with Crippen molar-refractivity contribution in [3.05, 3.63) is 54.3 Å². The van der Waals surface area contributed by atoms with Gasteiger partial charge >= 0.3 is 0 Å². The molecule has 116 valence electrons. The van der Waals surface area contributed by atoms with Crippen molar-refractivity contribution in [1.82, 2.24) is 0 Å². The van der Waals surface area contributed by atoms with Gasteiger partial charge in [-0.25, -0.2) is 0 Å². The fraction of sp³-hybridized carbons (Fsp3) is 0.444. The Bertz CT molecular complexity index is 339. The number of rotatable bonds is 5. The Labute approximate surface area is 126 Å². The van der Waals surface area contributed by atoms with Crippen molar-refractivity contribution in [3.63, 3.8) is 0 Å². The van der Waals surface area contributed by atoms with Gasteiger partial charge in [-0.15, -0.1) is 0 Å². The van der Waals surface area contributed by atoms with Crippen molar-refractivity contribution in [3.8, 4) is 5.75 Å².